The Labute approximate surface area is 149 Å². The molecule has 0 aromatic heterocycles. The van der Waals surface area contributed by atoms with E-state index in [1.807, 2.05) is 24.3 Å². The number of hydrogen-bond acceptors (Lipinski definition) is 2. The highest BCUT2D eigenvalue weighted by atomic mass is 79.9. The molecule has 0 aliphatic heterocycles. The number of hydrogen-bond donors (Lipinski definition) is 2. The van der Waals surface area contributed by atoms with E-state index >= 15 is 0 Å². The summed E-state index contributed by atoms with van der Waals surface area (Å²) in [5.74, 6) is -0.188. The third-order valence-corrected chi connectivity index (χ3v) is 4.14. The maximum atomic E-state index is 11.9. The van der Waals surface area contributed by atoms with Gasteiger partial charge in [0.2, 0.25) is 5.91 Å². The Hall–Kier alpha value is -0.750. The fourth-order valence-corrected chi connectivity index (χ4v) is 3.22. The molecule has 0 saturated carbocycles. The number of carbonyl (C=O) groups excluding carboxylic acids is 1. The lowest BCUT2D eigenvalue weighted by molar-refractivity contribution is -0.114. The van der Waals surface area contributed by atoms with Gasteiger partial charge in [-0.1, -0.05) is 55.1 Å². The molecule has 0 unspecified atom stereocenters. The average Bonchev–Trinajstić information content (AvgIpc) is 2.40. The van der Waals surface area contributed by atoms with Crippen molar-refractivity contribution in [3.8, 4) is 0 Å². The predicted molar refractivity (Wildman–Crippen MR) is 95.4 cm³/mol. The van der Waals surface area contributed by atoms with Crippen LogP contribution in [-0.2, 0) is 4.79 Å². The Balaban J connectivity index is 1.97. The van der Waals surface area contributed by atoms with Crippen LogP contribution in [0.25, 0.3) is 0 Å². The quantitative estimate of drug-likeness (QED) is 0.636. The molecule has 2 aromatic carbocycles. The minimum absolute atomic E-state index is 0.0666. The smallest absolute Gasteiger partial charge is 0.243 e. The summed E-state index contributed by atoms with van der Waals surface area (Å²) in [6, 6.07) is 10.7. The maximum Gasteiger partial charge on any atom is 0.243 e. The molecular weight excluding hydrogens is 443 g/mol. The van der Waals surface area contributed by atoms with Crippen LogP contribution in [0.2, 0.25) is 10.0 Å². The van der Waals surface area contributed by atoms with Crippen molar-refractivity contribution in [3.63, 3.8) is 0 Å². The number of rotatable bonds is 4. The molecule has 0 fully saturated rings. The minimum atomic E-state index is -0.188. The molecule has 7 heteroatoms. The largest absolute Gasteiger partial charge is 0.374 e. The first kappa shape index (κ1) is 16.6. The van der Waals surface area contributed by atoms with Crippen LogP contribution in [0.4, 0.5) is 11.4 Å². The van der Waals surface area contributed by atoms with Gasteiger partial charge >= 0.3 is 0 Å². The average molecular weight is 453 g/mol. The van der Waals surface area contributed by atoms with Gasteiger partial charge in [-0.3, -0.25) is 4.79 Å². The zero-order chi connectivity index (χ0) is 15.4. The highest BCUT2D eigenvalue weighted by Gasteiger charge is 2.09. The standard InChI is InChI=1S/C14H10Br2Cl2N2O/c15-8-1-3-10(4-2-8)20-13(21)7-19-14-11(17)5-9(16)6-12(14)18/h1-6,19H,7H2,(H,20,21). The second kappa shape index (κ2) is 7.49. The molecule has 2 N–H and O–H groups in total. The van der Waals surface area contributed by atoms with Crippen LogP contribution in [0, 0.1) is 0 Å². The van der Waals surface area contributed by atoms with Crippen molar-refractivity contribution in [1.82, 2.24) is 0 Å². The predicted octanol–water partition coefficient (Wildman–Crippen LogP) is 5.57. The topological polar surface area (TPSA) is 41.1 Å². The highest BCUT2D eigenvalue weighted by Crippen LogP contribution is 2.33. The van der Waals surface area contributed by atoms with E-state index in [9.17, 15) is 4.79 Å². The molecule has 0 radical (unpaired) electrons. The number of halogens is 4. The van der Waals surface area contributed by atoms with Crippen molar-refractivity contribution in [2.24, 2.45) is 0 Å². The van der Waals surface area contributed by atoms with Gasteiger partial charge in [0.05, 0.1) is 22.3 Å². The third-order valence-electron chi connectivity index (χ3n) is 2.56. The summed E-state index contributed by atoms with van der Waals surface area (Å²) >= 11 is 18.8. The second-order valence-electron chi connectivity index (χ2n) is 4.15. The van der Waals surface area contributed by atoms with Crippen molar-refractivity contribution in [3.05, 3.63) is 55.4 Å². The van der Waals surface area contributed by atoms with E-state index in [0.29, 0.717) is 15.7 Å². The first-order valence-corrected chi connectivity index (χ1v) is 8.24. The highest BCUT2D eigenvalue weighted by molar-refractivity contribution is 9.10. The Morgan fingerprint density at radius 3 is 2.14 bits per heavy atom. The van der Waals surface area contributed by atoms with Crippen LogP contribution in [0.3, 0.4) is 0 Å². The van der Waals surface area contributed by atoms with Gasteiger partial charge in [0.25, 0.3) is 0 Å². The fraction of sp³-hybridized carbons (Fsp3) is 0.0714. The summed E-state index contributed by atoms with van der Waals surface area (Å²) in [4.78, 5) is 11.9. The fourth-order valence-electron chi connectivity index (χ4n) is 1.62. The molecule has 110 valence electrons. The van der Waals surface area contributed by atoms with Crippen molar-refractivity contribution in [1.29, 1.82) is 0 Å². The van der Waals surface area contributed by atoms with E-state index in [1.165, 1.54) is 0 Å². The molecule has 2 rings (SSSR count). The Kier molecular flexibility index (Phi) is 5.93. The van der Waals surface area contributed by atoms with E-state index < -0.39 is 0 Å². The van der Waals surface area contributed by atoms with Gasteiger partial charge in [0, 0.05) is 14.6 Å². The zero-order valence-corrected chi connectivity index (χ0v) is 15.3. The Morgan fingerprint density at radius 1 is 1.00 bits per heavy atom. The van der Waals surface area contributed by atoms with E-state index in [4.69, 9.17) is 23.2 Å². The van der Waals surface area contributed by atoms with E-state index in [-0.39, 0.29) is 12.5 Å². The Morgan fingerprint density at radius 2 is 1.57 bits per heavy atom. The molecule has 0 spiro atoms. The van der Waals surface area contributed by atoms with Crippen LogP contribution < -0.4 is 10.6 Å². The second-order valence-corrected chi connectivity index (χ2v) is 6.80. The van der Waals surface area contributed by atoms with Crippen LogP contribution in [0.5, 0.6) is 0 Å². The van der Waals surface area contributed by atoms with Crippen LogP contribution in [-0.4, -0.2) is 12.5 Å². The normalized spacial score (nSPS) is 10.3. The summed E-state index contributed by atoms with van der Waals surface area (Å²) in [5, 5.41) is 6.61. The van der Waals surface area contributed by atoms with Gasteiger partial charge < -0.3 is 10.6 Å². The molecule has 0 bridgehead atoms. The number of nitrogens with one attached hydrogen (secondary N) is 2. The summed E-state index contributed by atoms with van der Waals surface area (Å²) in [6.07, 6.45) is 0. The van der Waals surface area contributed by atoms with Gasteiger partial charge in [0.1, 0.15) is 0 Å². The number of carbonyl (C=O) groups is 1. The molecule has 0 aliphatic carbocycles. The number of anilines is 2. The molecule has 0 heterocycles. The van der Waals surface area contributed by atoms with Gasteiger partial charge in [0.15, 0.2) is 0 Å². The minimum Gasteiger partial charge on any atom is -0.374 e. The first-order valence-electron chi connectivity index (χ1n) is 5.89. The summed E-state index contributed by atoms with van der Waals surface area (Å²) in [7, 11) is 0. The molecule has 0 aliphatic rings. The monoisotopic (exact) mass is 450 g/mol. The number of benzene rings is 2. The van der Waals surface area contributed by atoms with E-state index in [0.717, 1.165) is 14.6 Å². The molecule has 2 aromatic rings. The van der Waals surface area contributed by atoms with Crippen LogP contribution >= 0.6 is 55.1 Å². The van der Waals surface area contributed by atoms with Crippen molar-refractivity contribution in [2.45, 2.75) is 0 Å². The molecule has 0 saturated heterocycles. The summed E-state index contributed by atoms with van der Waals surface area (Å²) in [5.41, 5.74) is 1.26. The van der Waals surface area contributed by atoms with Crippen molar-refractivity contribution >= 4 is 72.3 Å². The first-order chi connectivity index (χ1) is 9.95. The zero-order valence-electron chi connectivity index (χ0n) is 10.6. The van der Waals surface area contributed by atoms with Crippen LogP contribution in [0.1, 0.15) is 0 Å². The molecule has 0 atom stereocenters. The molecule has 1 amide bonds. The summed E-state index contributed by atoms with van der Waals surface area (Å²) < 4.78 is 1.73. The van der Waals surface area contributed by atoms with E-state index in [1.54, 1.807) is 12.1 Å². The molecular formula is C14H10Br2Cl2N2O. The number of amides is 1. The van der Waals surface area contributed by atoms with E-state index in [2.05, 4.69) is 42.5 Å². The molecule has 3 nitrogen and oxygen atoms in total. The molecule has 21 heavy (non-hydrogen) atoms. The lowest BCUT2D eigenvalue weighted by Crippen LogP contribution is -2.22. The Bertz CT molecular complexity index is 640. The van der Waals surface area contributed by atoms with Crippen LogP contribution in [0.15, 0.2) is 45.3 Å². The van der Waals surface area contributed by atoms with Gasteiger partial charge in [-0.2, -0.15) is 0 Å². The van der Waals surface area contributed by atoms with Crippen molar-refractivity contribution in [2.75, 3.05) is 17.2 Å². The SMILES string of the molecule is O=C(CNc1c(Cl)cc(Br)cc1Cl)Nc1ccc(Br)cc1. The maximum absolute atomic E-state index is 11.9. The van der Waals surface area contributed by atoms with Crippen molar-refractivity contribution < 1.29 is 4.79 Å². The lowest BCUT2D eigenvalue weighted by atomic mass is 10.3. The summed E-state index contributed by atoms with van der Waals surface area (Å²) in [6.45, 7) is 0.0666. The third kappa shape index (κ3) is 4.88. The lowest BCUT2D eigenvalue weighted by Gasteiger charge is -2.11. The van der Waals surface area contributed by atoms with Gasteiger partial charge in [-0.15, -0.1) is 0 Å². The van der Waals surface area contributed by atoms with Gasteiger partial charge in [-0.05, 0) is 36.4 Å². The van der Waals surface area contributed by atoms with Gasteiger partial charge in [-0.25, -0.2) is 0 Å².